The molecule has 0 saturated carbocycles. The van der Waals surface area contributed by atoms with Crippen LogP contribution in [-0.4, -0.2) is 25.5 Å². The molecule has 0 saturated heterocycles. The van der Waals surface area contributed by atoms with Crippen LogP contribution in [0.4, 0.5) is 0 Å². The molecule has 5 rings (SSSR count). The number of fused-ring (bicyclic) bond motifs is 2. The van der Waals surface area contributed by atoms with Crippen LogP contribution in [0.3, 0.4) is 0 Å². The van der Waals surface area contributed by atoms with Gasteiger partial charge in [-0.2, -0.15) is 4.98 Å². The molecule has 7 heteroatoms. The zero-order chi connectivity index (χ0) is 21.4. The number of nitrogens with zero attached hydrogens (tertiary/aromatic N) is 4. The SMILES string of the molecule is Cc1cc(C)n2nc(CC(=O)NC(c3ccc4c(c3)CCCC4)c3cccs3)nc2n1. The highest BCUT2D eigenvalue weighted by Crippen LogP contribution is 2.30. The number of benzene rings is 1. The molecule has 158 valence electrons. The summed E-state index contributed by atoms with van der Waals surface area (Å²) in [6, 6.07) is 12.6. The molecule has 31 heavy (non-hydrogen) atoms. The van der Waals surface area contributed by atoms with E-state index in [9.17, 15) is 4.79 Å². The van der Waals surface area contributed by atoms with E-state index in [0.29, 0.717) is 11.6 Å². The van der Waals surface area contributed by atoms with Crippen molar-refractivity contribution in [2.75, 3.05) is 0 Å². The van der Waals surface area contributed by atoms with Gasteiger partial charge in [0.1, 0.15) is 0 Å². The van der Waals surface area contributed by atoms with E-state index in [1.54, 1.807) is 15.9 Å². The van der Waals surface area contributed by atoms with Gasteiger partial charge in [0.15, 0.2) is 5.82 Å². The first-order valence-electron chi connectivity index (χ1n) is 10.7. The molecule has 3 aromatic heterocycles. The summed E-state index contributed by atoms with van der Waals surface area (Å²) in [4.78, 5) is 23.0. The van der Waals surface area contributed by atoms with Gasteiger partial charge in [-0.1, -0.05) is 24.3 Å². The van der Waals surface area contributed by atoms with Crippen LogP contribution in [0.15, 0.2) is 41.8 Å². The van der Waals surface area contributed by atoms with E-state index in [-0.39, 0.29) is 18.4 Å². The van der Waals surface area contributed by atoms with Crippen molar-refractivity contribution in [3.8, 4) is 0 Å². The van der Waals surface area contributed by atoms with Gasteiger partial charge in [-0.15, -0.1) is 16.4 Å². The number of aryl methyl sites for hydroxylation is 4. The molecule has 0 bridgehead atoms. The summed E-state index contributed by atoms with van der Waals surface area (Å²) in [6.07, 6.45) is 4.88. The van der Waals surface area contributed by atoms with Crippen LogP contribution in [0.5, 0.6) is 0 Å². The largest absolute Gasteiger partial charge is 0.344 e. The van der Waals surface area contributed by atoms with Crippen molar-refractivity contribution < 1.29 is 4.79 Å². The molecule has 0 fully saturated rings. The Hall–Kier alpha value is -3.06. The summed E-state index contributed by atoms with van der Waals surface area (Å²) in [6.45, 7) is 3.89. The highest BCUT2D eigenvalue weighted by molar-refractivity contribution is 7.10. The molecular weight excluding hydrogens is 406 g/mol. The third-order valence-electron chi connectivity index (χ3n) is 5.82. The van der Waals surface area contributed by atoms with Crippen molar-refractivity contribution in [3.63, 3.8) is 0 Å². The molecule has 1 aliphatic carbocycles. The van der Waals surface area contributed by atoms with Gasteiger partial charge in [0.2, 0.25) is 5.91 Å². The van der Waals surface area contributed by atoms with Gasteiger partial charge >= 0.3 is 0 Å². The van der Waals surface area contributed by atoms with Gasteiger partial charge in [0, 0.05) is 16.3 Å². The lowest BCUT2D eigenvalue weighted by atomic mass is 9.89. The predicted molar refractivity (Wildman–Crippen MR) is 121 cm³/mol. The number of nitrogens with one attached hydrogen (secondary N) is 1. The van der Waals surface area contributed by atoms with Crippen LogP contribution in [0.1, 0.15) is 57.7 Å². The summed E-state index contributed by atoms with van der Waals surface area (Å²) in [5.74, 6) is 0.917. The number of hydrogen-bond donors (Lipinski definition) is 1. The van der Waals surface area contributed by atoms with E-state index >= 15 is 0 Å². The molecule has 0 radical (unpaired) electrons. The molecular formula is C24H25N5OS. The maximum absolute atomic E-state index is 13.0. The number of aromatic nitrogens is 4. The van der Waals surface area contributed by atoms with Crippen molar-refractivity contribution in [2.24, 2.45) is 0 Å². The Morgan fingerprint density at radius 2 is 1.97 bits per heavy atom. The number of amides is 1. The molecule has 1 N–H and O–H groups in total. The highest BCUT2D eigenvalue weighted by atomic mass is 32.1. The third-order valence-corrected chi connectivity index (χ3v) is 6.76. The van der Waals surface area contributed by atoms with E-state index in [2.05, 4.69) is 44.6 Å². The second-order valence-electron chi connectivity index (χ2n) is 8.21. The Morgan fingerprint density at radius 3 is 2.77 bits per heavy atom. The molecule has 6 nitrogen and oxygen atoms in total. The van der Waals surface area contributed by atoms with Gasteiger partial charge in [0.05, 0.1) is 12.5 Å². The molecule has 1 amide bonds. The lowest BCUT2D eigenvalue weighted by molar-refractivity contribution is -0.121. The fraction of sp³-hybridized carbons (Fsp3) is 0.333. The van der Waals surface area contributed by atoms with E-state index in [0.717, 1.165) is 34.7 Å². The van der Waals surface area contributed by atoms with E-state index < -0.39 is 0 Å². The Labute approximate surface area is 185 Å². The molecule has 0 aliphatic heterocycles. The molecule has 1 atom stereocenters. The summed E-state index contributed by atoms with van der Waals surface area (Å²) in [7, 11) is 0. The number of carbonyl (C=O) groups is 1. The number of carbonyl (C=O) groups excluding carboxylic acids is 1. The van der Waals surface area contributed by atoms with E-state index in [1.807, 2.05) is 31.4 Å². The summed E-state index contributed by atoms with van der Waals surface area (Å²) in [5, 5.41) is 9.75. The monoisotopic (exact) mass is 431 g/mol. The number of thiophene rings is 1. The predicted octanol–water partition coefficient (Wildman–Crippen LogP) is 4.13. The first-order chi connectivity index (χ1) is 15.1. The Bertz CT molecular complexity index is 1240. The normalized spacial score (nSPS) is 14.4. The molecule has 0 spiro atoms. The van der Waals surface area contributed by atoms with E-state index in [4.69, 9.17) is 0 Å². The number of hydrogen-bond acceptors (Lipinski definition) is 5. The van der Waals surface area contributed by atoms with Crippen molar-refractivity contribution in [1.82, 2.24) is 24.9 Å². The van der Waals surface area contributed by atoms with Crippen LogP contribution >= 0.6 is 11.3 Å². The van der Waals surface area contributed by atoms with Crippen molar-refractivity contribution in [1.29, 1.82) is 0 Å². The lowest BCUT2D eigenvalue weighted by Crippen LogP contribution is -2.30. The van der Waals surface area contributed by atoms with Crippen LogP contribution in [-0.2, 0) is 24.1 Å². The Balaban J connectivity index is 1.40. The average molecular weight is 432 g/mol. The second-order valence-corrected chi connectivity index (χ2v) is 9.19. The quantitative estimate of drug-likeness (QED) is 0.516. The molecule has 3 heterocycles. The summed E-state index contributed by atoms with van der Waals surface area (Å²) in [5.41, 5.74) is 5.83. The minimum absolute atomic E-state index is 0.0959. The van der Waals surface area contributed by atoms with Crippen molar-refractivity contribution >= 4 is 23.0 Å². The van der Waals surface area contributed by atoms with Gasteiger partial charge in [-0.25, -0.2) is 9.50 Å². The number of rotatable bonds is 5. The molecule has 1 unspecified atom stereocenters. The second kappa shape index (κ2) is 8.23. The Kier molecular flexibility index (Phi) is 5.28. The third kappa shape index (κ3) is 4.10. The zero-order valence-electron chi connectivity index (χ0n) is 17.8. The minimum atomic E-state index is -0.168. The highest BCUT2D eigenvalue weighted by Gasteiger charge is 2.21. The van der Waals surface area contributed by atoms with Crippen LogP contribution in [0.2, 0.25) is 0 Å². The van der Waals surface area contributed by atoms with Gasteiger partial charge in [-0.3, -0.25) is 4.79 Å². The Morgan fingerprint density at radius 1 is 1.13 bits per heavy atom. The van der Waals surface area contributed by atoms with Gasteiger partial charge < -0.3 is 5.32 Å². The first-order valence-corrected chi connectivity index (χ1v) is 11.6. The fourth-order valence-electron chi connectivity index (χ4n) is 4.35. The lowest BCUT2D eigenvalue weighted by Gasteiger charge is -2.22. The fourth-order valence-corrected chi connectivity index (χ4v) is 5.15. The van der Waals surface area contributed by atoms with Crippen LogP contribution in [0, 0.1) is 13.8 Å². The van der Waals surface area contributed by atoms with E-state index in [1.165, 1.54) is 24.0 Å². The average Bonchev–Trinajstić information content (AvgIpc) is 3.42. The van der Waals surface area contributed by atoms with Gasteiger partial charge in [0.25, 0.3) is 5.78 Å². The molecule has 1 aliphatic rings. The molecule has 1 aromatic carbocycles. The smallest absolute Gasteiger partial charge is 0.252 e. The standard InChI is InChI=1S/C24H25N5OS/c1-15-12-16(2)29-24(25-15)26-21(28-29)14-22(30)27-23(20-8-5-11-31-20)19-10-9-17-6-3-4-7-18(17)13-19/h5,8-13,23H,3-4,6-7,14H2,1-2H3,(H,27,30). The summed E-state index contributed by atoms with van der Waals surface area (Å²) < 4.78 is 1.69. The van der Waals surface area contributed by atoms with Crippen LogP contribution < -0.4 is 5.32 Å². The first kappa shape index (κ1) is 19.9. The van der Waals surface area contributed by atoms with Crippen molar-refractivity contribution in [3.05, 3.63) is 80.6 Å². The maximum atomic E-state index is 13.0. The van der Waals surface area contributed by atoms with Gasteiger partial charge in [-0.05, 0) is 73.7 Å². The topological polar surface area (TPSA) is 72.2 Å². The summed E-state index contributed by atoms with van der Waals surface area (Å²) >= 11 is 1.66. The maximum Gasteiger partial charge on any atom is 0.252 e. The van der Waals surface area contributed by atoms with Crippen LogP contribution in [0.25, 0.3) is 5.78 Å². The molecule has 4 aromatic rings. The minimum Gasteiger partial charge on any atom is -0.344 e. The zero-order valence-corrected chi connectivity index (χ0v) is 18.6. The van der Waals surface area contributed by atoms with Crippen molar-refractivity contribution in [2.45, 2.75) is 52.0 Å².